The van der Waals surface area contributed by atoms with Gasteiger partial charge >= 0.3 is 6.09 Å². The zero-order valence-corrected chi connectivity index (χ0v) is 14.1. The summed E-state index contributed by atoms with van der Waals surface area (Å²) in [4.78, 5) is 23.8. The summed E-state index contributed by atoms with van der Waals surface area (Å²) < 4.78 is 4.79. The number of amides is 2. The predicted molar refractivity (Wildman–Crippen MR) is 88.3 cm³/mol. The molecule has 1 aromatic carbocycles. The molecule has 0 aliphatic carbocycles. The second-order valence-electron chi connectivity index (χ2n) is 4.93. The first-order valence-corrected chi connectivity index (χ1v) is 7.50. The Labute approximate surface area is 139 Å². The van der Waals surface area contributed by atoms with E-state index in [0.717, 1.165) is 0 Å². The van der Waals surface area contributed by atoms with Gasteiger partial charge in [-0.15, -0.1) is 0 Å². The van der Waals surface area contributed by atoms with Gasteiger partial charge in [-0.2, -0.15) is 0 Å². The lowest BCUT2D eigenvalue weighted by molar-refractivity contribution is -0.119. The van der Waals surface area contributed by atoms with E-state index in [4.69, 9.17) is 33.7 Å². The van der Waals surface area contributed by atoms with Crippen molar-refractivity contribution in [3.05, 3.63) is 22.2 Å². The number of carbonyl (C=O) groups is 2. The number of halogens is 2. The van der Waals surface area contributed by atoms with Crippen LogP contribution in [-0.4, -0.2) is 24.6 Å². The SMILES string of the molecule is CCOC(=O)N[C@H](C(=O)Nc1cc(Cl)c(N)c(Cl)c1)C(C)C. The highest BCUT2D eigenvalue weighted by molar-refractivity contribution is 6.39. The Bertz CT molecular complexity index is 541. The fourth-order valence-electron chi connectivity index (χ4n) is 1.71. The molecule has 0 aromatic heterocycles. The first kappa shape index (κ1) is 18.4. The Kier molecular flexibility index (Phi) is 6.77. The number of alkyl carbamates (subject to hydrolysis) is 1. The van der Waals surface area contributed by atoms with E-state index < -0.39 is 18.0 Å². The molecule has 6 nitrogen and oxygen atoms in total. The summed E-state index contributed by atoms with van der Waals surface area (Å²) in [5.41, 5.74) is 6.27. The van der Waals surface area contributed by atoms with Crippen LogP contribution in [0.4, 0.5) is 16.2 Å². The van der Waals surface area contributed by atoms with Crippen LogP contribution in [0.1, 0.15) is 20.8 Å². The Balaban J connectivity index is 2.85. The maximum atomic E-state index is 12.3. The van der Waals surface area contributed by atoms with E-state index in [-0.39, 0.29) is 28.3 Å². The van der Waals surface area contributed by atoms with Crippen molar-refractivity contribution in [2.45, 2.75) is 26.8 Å². The number of hydrogen-bond acceptors (Lipinski definition) is 4. The number of nitrogen functional groups attached to an aromatic ring is 1. The van der Waals surface area contributed by atoms with Crippen LogP contribution in [0, 0.1) is 5.92 Å². The van der Waals surface area contributed by atoms with Gasteiger partial charge in [-0.1, -0.05) is 37.0 Å². The molecule has 0 saturated carbocycles. The zero-order chi connectivity index (χ0) is 16.9. The number of benzene rings is 1. The second kappa shape index (κ2) is 8.10. The van der Waals surface area contributed by atoms with E-state index in [2.05, 4.69) is 10.6 Å². The number of nitrogens with one attached hydrogen (secondary N) is 2. The predicted octanol–water partition coefficient (Wildman–Crippen LogP) is 3.28. The molecule has 1 rings (SSSR count). The molecular formula is C14H19Cl2N3O3. The number of carbonyl (C=O) groups excluding carboxylic acids is 2. The van der Waals surface area contributed by atoms with Crippen LogP contribution >= 0.6 is 23.2 Å². The first-order valence-electron chi connectivity index (χ1n) is 6.74. The van der Waals surface area contributed by atoms with E-state index in [9.17, 15) is 9.59 Å². The van der Waals surface area contributed by atoms with Gasteiger partial charge in [-0.3, -0.25) is 4.79 Å². The van der Waals surface area contributed by atoms with Gasteiger partial charge in [0.15, 0.2) is 0 Å². The molecule has 0 bridgehead atoms. The summed E-state index contributed by atoms with van der Waals surface area (Å²) in [6.45, 7) is 5.52. The number of rotatable bonds is 5. The number of anilines is 2. The van der Waals surface area contributed by atoms with Crippen LogP contribution in [0.2, 0.25) is 10.0 Å². The van der Waals surface area contributed by atoms with Crippen LogP contribution in [0.25, 0.3) is 0 Å². The van der Waals surface area contributed by atoms with Crippen molar-refractivity contribution in [2.75, 3.05) is 17.7 Å². The van der Waals surface area contributed by atoms with Gasteiger partial charge in [0.05, 0.1) is 22.3 Å². The van der Waals surface area contributed by atoms with Crippen LogP contribution in [0.3, 0.4) is 0 Å². The number of ether oxygens (including phenoxy) is 1. The van der Waals surface area contributed by atoms with Crippen molar-refractivity contribution in [1.29, 1.82) is 0 Å². The smallest absolute Gasteiger partial charge is 0.407 e. The quantitative estimate of drug-likeness (QED) is 0.712. The minimum atomic E-state index is -0.755. The fourth-order valence-corrected chi connectivity index (χ4v) is 2.20. The highest BCUT2D eigenvalue weighted by Gasteiger charge is 2.25. The molecule has 0 radical (unpaired) electrons. The minimum Gasteiger partial charge on any atom is -0.450 e. The molecule has 0 saturated heterocycles. The molecule has 22 heavy (non-hydrogen) atoms. The summed E-state index contributed by atoms with van der Waals surface area (Å²) in [5.74, 6) is -0.538. The van der Waals surface area contributed by atoms with Crippen molar-refractivity contribution in [3.8, 4) is 0 Å². The van der Waals surface area contributed by atoms with Gasteiger partial charge in [0.25, 0.3) is 0 Å². The lowest BCUT2D eigenvalue weighted by atomic mass is 10.0. The molecule has 0 unspecified atom stereocenters. The Morgan fingerprint density at radius 3 is 2.27 bits per heavy atom. The van der Waals surface area contributed by atoms with E-state index in [1.807, 2.05) is 0 Å². The molecule has 1 atom stereocenters. The largest absolute Gasteiger partial charge is 0.450 e. The maximum absolute atomic E-state index is 12.3. The Morgan fingerprint density at radius 1 is 1.27 bits per heavy atom. The maximum Gasteiger partial charge on any atom is 0.407 e. The lowest BCUT2D eigenvalue weighted by Crippen LogP contribution is -2.47. The van der Waals surface area contributed by atoms with Crippen molar-refractivity contribution in [2.24, 2.45) is 5.92 Å². The van der Waals surface area contributed by atoms with Crippen molar-refractivity contribution in [1.82, 2.24) is 5.32 Å². The van der Waals surface area contributed by atoms with Crippen LogP contribution in [0.5, 0.6) is 0 Å². The van der Waals surface area contributed by atoms with Gasteiger partial charge in [-0.05, 0) is 25.0 Å². The van der Waals surface area contributed by atoms with Crippen LogP contribution < -0.4 is 16.4 Å². The van der Waals surface area contributed by atoms with Crippen LogP contribution in [0.15, 0.2) is 12.1 Å². The molecule has 1 aromatic rings. The molecule has 4 N–H and O–H groups in total. The van der Waals surface area contributed by atoms with Gasteiger partial charge < -0.3 is 21.1 Å². The topological polar surface area (TPSA) is 93.4 Å². The van der Waals surface area contributed by atoms with Crippen molar-refractivity contribution < 1.29 is 14.3 Å². The molecule has 0 aliphatic rings. The second-order valence-corrected chi connectivity index (χ2v) is 5.74. The number of nitrogens with two attached hydrogens (primary N) is 1. The fraction of sp³-hybridized carbons (Fsp3) is 0.429. The average molecular weight is 348 g/mol. The monoisotopic (exact) mass is 347 g/mol. The Hall–Kier alpha value is -1.66. The molecule has 122 valence electrons. The molecular weight excluding hydrogens is 329 g/mol. The third-order valence-corrected chi connectivity index (χ3v) is 3.47. The van der Waals surface area contributed by atoms with Gasteiger partial charge in [0.1, 0.15) is 6.04 Å². The number of hydrogen-bond donors (Lipinski definition) is 3. The normalized spacial score (nSPS) is 11.9. The van der Waals surface area contributed by atoms with E-state index in [1.165, 1.54) is 12.1 Å². The van der Waals surface area contributed by atoms with Crippen LogP contribution in [-0.2, 0) is 9.53 Å². The summed E-state index contributed by atoms with van der Waals surface area (Å²) >= 11 is 11.8. The summed E-state index contributed by atoms with van der Waals surface area (Å²) in [5, 5.41) is 5.64. The minimum absolute atomic E-state index is 0.135. The van der Waals surface area contributed by atoms with Crippen molar-refractivity contribution in [3.63, 3.8) is 0 Å². The van der Waals surface area contributed by atoms with E-state index >= 15 is 0 Å². The van der Waals surface area contributed by atoms with Gasteiger partial charge in [0.2, 0.25) is 5.91 Å². The standard InChI is InChI=1S/C14H19Cl2N3O3/c1-4-22-14(21)19-12(7(2)3)13(20)18-8-5-9(15)11(17)10(16)6-8/h5-7,12H,4,17H2,1-3H3,(H,18,20)(H,19,21)/t12-/m0/s1. The third-order valence-electron chi connectivity index (χ3n) is 2.84. The lowest BCUT2D eigenvalue weighted by Gasteiger charge is -2.21. The third kappa shape index (κ3) is 4.96. The average Bonchev–Trinajstić information content (AvgIpc) is 2.42. The summed E-state index contributed by atoms with van der Waals surface area (Å²) in [6, 6.07) is 2.22. The van der Waals surface area contributed by atoms with Gasteiger partial charge in [0, 0.05) is 5.69 Å². The highest BCUT2D eigenvalue weighted by atomic mass is 35.5. The summed E-state index contributed by atoms with van der Waals surface area (Å²) in [6.07, 6.45) is -0.648. The molecule has 0 spiro atoms. The van der Waals surface area contributed by atoms with Gasteiger partial charge in [-0.25, -0.2) is 4.79 Å². The first-order chi connectivity index (χ1) is 10.3. The molecule has 0 fully saturated rings. The highest BCUT2D eigenvalue weighted by Crippen LogP contribution is 2.31. The Morgan fingerprint density at radius 2 is 1.82 bits per heavy atom. The zero-order valence-electron chi connectivity index (χ0n) is 12.6. The molecule has 0 aliphatic heterocycles. The molecule has 2 amide bonds. The van der Waals surface area contributed by atoms with E-state index in [0.29, 0.717) is 5.69 Å². The summed E-state index contributed by atoms with van der Waals surface area (Å²) in [7, 11) is 0. The van der Waals surface area contributed by atoms with Crippen molar-refractivity contribution >= 4 is 46.6 Å². The molecule has 0 heterocycles. The van der Waals surface area contributed by atoms with E-state index in [1.54, 1.807) is 20.8 Å². The molecule has 8 heteroatoms.